The molecule has 3 aliphatic rings. The molecule has 0 spiro atoms. The molecule has 3 aliphatic heterocycles. The maximum Gasteiger partial charge on any atom is 0.249 e. The summed E-state index contributed by atoms with van der Waals surface area (Å²) in [6.45, 7) is 4.63. The van der Waals surface area contributed by atoms with E-state index in [-0.39, 0.29) is 30.1 Å². The van der Waals surface area contributed by atoms with Gasteiger partial charge in [0, 0.05) is 37.7 Å². The van der Waals surface area contributed by atoms with E-state index in [0.717, 1.165) is 57.8 Å². The van der Waals surface area contributed by atoms with Crippen LogP contribution in [0.5, 0.6) is 0 Å². The van der Waals surface area contributed by atoms with Crippen LogP contribution in [0.3, 0.4) is 0 Å². The van der Waals surface area contributed by atoms with Crippen LogP contribution in [0.25, 0.3) is 0 Å². The highest BCUT2D eigenvalue weighted by Crippen LogP contribution is 2.31. The van der Waals surface area contributed by atoms with Crippen molar-refractivity contribution in [3.63, 3.8) is 0 Å². The zero-order valence-corrected chi connectivity index (χ0v) is 18.4. The number of hydrogen-bond acceptors (Lipinski definition) is 6. The number of amides is 2. The molecule has 1 atom stereocenters. The van der Waals surface area contributed by atoms with Crippen LogP contribution < -0.4 is 21.3 Å². The Morgan fingerprint density at radius 2 is 1.72 bits per heavy atom. The van der Waals surface area contributed by atoms with E-state index < -0.39 is 23.6 Å². The number of imide groups is 1. The van der Waals surface area contributed by atoms with E-state index >= 15 is 0 Å². The molecule has 0 aliphatic carbocycles. The van der Waals surface area contributed by atoms with Gasteiger partial charge in [-0.2, -0.15) is 0 Å². The molecular formula is C23H33F2N5O2. The maximum absolute atomic E-state index is 14.8. The van der Waals surface area contributed by atoms with E-state index in [2.05, 4.69) is 15.5 Å². The summed E-state index contributed by atoms with van der Waals surface area (Å²) in [5, 5.41) is 4.95. The Bertz CT molecular complexity index is 836. The number of carbonyl (C=O) groups is 2. The minimum atomic E-state index is -0.751. The second-order valence-corrected chi connectivity index (χ2v) is 9.33. The summed E-state index contributed by atoms with van der Waals surface area (Å²) in [6, 6.07) is 1.91. The first kappa shape index (κ1) is 22.9. The van der Waals surface area contributed by atoms with Crippen molar-refractivity contribution < 1.29 is 18.4 Å². The number of halogens is 2. The molecule has 4 N–H and O–H groups in total. The fourth-order valence-corrected chi connectivity index (χ4v) is 4.91. The second kappa shape index (κ2) is 10.1. The number of anilines is 2. The number of piperidine rings is 3. The molecular weight excluding hydrogens is 416 g/mol. The van der Waals surface area contributed by atoms with Gasteiger partial charge in [-0.15, -0.1) is 0 Å². The number of benzene rings is 1. The topological polar surface area (TPSA) is 90.7 Å². The number of nitrogens with zero attached hydrogens (tertiary/aromatic N) is 2. The van der Waals surface area contributed by atoms with Gasteiger partial charge in [-0.05, 0) is 64.1 Å². The van der Waals surface area contributed by atoms with Crippen LogP contribution >= 0.6 is 0 Å². The third kappa shape index (κ3) is 5.56. The van der Waals surface area contributed by atoms with Crippen molar-refractivity contribution in [1.82, 2.24) is 10.2 Å². The van der Waals surface area contributed by atoms with Crippen molar-refractivity contribution >= 4 is 23.2 Å². The first-order valence-electron chi connectivity index (χ1n) is 11.7. The summed E-state index contributed by atoms with van der Waals surface area (Å²) >= 11 is 0. The van der Waals surface area contributed by atoms with E-state index in [0.29, 0.717) is 25.0 Å². The smallest absolute Gasteiger partial charge is 0.249 e. The highest BCUT2D eigenvalue weighted by molar-refractivity contribution is 6.01. The molecule has 1 unspecified atom stereocenters. The van der Waals surface area contributed by atoms with Crippen LogP contribution in [-0.4, -0.2) is 61.5 Å². The van der Waals surface area contributed by atoms with Gasteiger partial charge in [0.05, 0.1) is 11.4 Å². The number of rotatable bonds is 6. The van der Waals surface area contributed by atoms with Crippen molar-refractivity contribution in [3.05, 3.63) is 23.8 Å². The van der Waals surface area contributed by atoms with Gasteiger partial charge >= 0.3 is 0 Å². The van der Waals surface area contributed by atoms with Gasteiger partial charge < -0.3 is 20.9 Å². The van der Waals surface area contributed by atoms with E-state index in [1.807, 2.05) is 4.90 Å². The minimum absolute atomic E-state index is 0.0584. The van der Waals surface area contributed by atoms with Crippen LogP contribution in [0, 0.1) is 17.6 Å². The molecule has 1 aromatic carbocycles. The Morgan fingerprint density at radius 1 is 1.00 bits per heavy atom. The average Bonchev–Trinajstić information content (AvgIpc) is 2.78. The first-order chi connectivity index (χ1) is 15.4. The third-order valence-corrected chi connectivity index (χ3v) is 7.05. The molecule has 3 fully saturated rings. The van der Waals surface area contributed by atoms with E-state index in [1.54, 1.807) is 0 Å². The van der Waals surface area contributed by atoms with E-state index in [4.69, 9.17) is 5.73 Å². The number of nitrogens with two attached hydrogens (primary N) is 1. The molecule has 0 aromatic heterocycles. The maximum atomic E-state index is 14.8. The Kier molecular flexibility index (Phi) is 7.25. The van der Waals surface area contributed by atoms with Crippen LogP contribution in [-0.2, 0) is 9.59 Å². The van der Waals surface area contributed by atoms with Crippen LogP contribution in [0.2, 0.25) is 0 Å². The molecule has 0 bridgehead atoms. The fourth-order valence-electron chi connectivity index (χ4n) is 4.91. The molecule has 4 rings (SSSR count). The summed E-state index contributed by atoms with van der Waals surface area (Å²) in [5.41, 5.74) is 6.18. The third-order valence-electron chi connectivity index (χ3n) is 7.05. The van der Waals surface area contributed by atoms with Crippen LogP contribution in [0.4, 0.5) is 20.2 Å². The number of nitrogens with one attached hydrogen (secondary N) is 2. The minimum Gasteiger partial charge on any atom is -0.371 e. The number of hydrogen-bond donors (Lipinski definition) is 3. The molecule has 7 nitrogen and oxygen atoms in total. The van der Waals surface area contributed by atoms with E-state index in [9.17, 15) is 18.4 Å². The molecule has 0 radical (unpaired) electrons. The standard InChI is InChI=1S/C23H33F2N5O2/c24-17-14-21(18(25)13-20(17)27-19-1-2-22(31)28-23(19)32)30-11-4-15(5-12-30)3-8-29-9-6-16(26)7-10-29/h13-16,19,27H,1-12,26H2,(H,28,31,32). The van der Waals surface area contributed by atoms with Crippen molar-refractivity contribution in [3.8, 4) is 0 Å². The highest BCUT2D eigenvalue weighted by Gasteiger charge is 2.28. The van der Waals surface area contributed by atoms with Gasteiger partial charge in [-0.3, -0.25) is 14.9 Å². The summed E-state index contributed by atoms with van der Waals surface area (Å²) in [7, 11) is 0. The molecule has 3 saturated heterocycles. The monoisotopic (exact) mass is 449 g/mol. The SMILES string of the molecule is NC1CCN(CCC2CCN(c3cc(F)c(NC4CCC(=O)NC4=O)cc3F)CC2)CC1. The lowest BCUT2D eigenvalue weighted by Crippen LogP contribution is -2.47. The second-order valence-electron chi connectivity index (χ2n) is 9.33. The molecule has 0 saturated carbocycles. The Balaban J connectivity index is 1.29. The summed E-state index contributed by atoms with van der Waals surface area (Å²) in [6.07, 6.45) is 5.62. The van der Waals surface area contributed by atoms with Crippen molar-refractivity contribution in [2.75, 3.05) is 42.9 Å². The fraction of sp³-hybridized carbons (Fsp3) is 0.652. The van der Waals surface area contributed by atoms with Gasteiger partial charge in [0.15, 0.2) is 0 Å². The molecule has 3 heterocycles. The number of carbonyl (C=O) groups excluding carboxylic acids is 2. The Hall–Kier alpha value is -2.26. The highest BCUT2D eigenvalue weighted by atomic mass is 19.1. The van der Waals surface area contributed by atoms with Gasteiger partial charge in [0.1, 0.15) is 17.7 Å². The quantitative estimate of drug-likeness (QED) is 0.577. The normalized spacial score (nSPS) is 24.0. The lowest BCUT2D eigenvalue weighted by molar-refractivity contribution is -0.133. The van der Waals surface area contributed by atoms with Crippen LogP contribution in [0.1, 0.15) is 44.9 Å². The average molecular weight is 450 g/mol. The Labute approximate surface area is 187 Å². The van der Waals surface area contributed by atoms with Crippen molar-refractivity contribution in [2.45, 2.75) is 57.0 Å². The van der Waals surface area contributed by atoms with Gasteiger partial charge in [-0.1, -0.05) is 0 Å². The van der Waals surface area contributed by atoms with Gasteiger partial charge in [0.25, 0.3) is 0 Å². The molecule has 9 heteroatoms. The molecule has 176 valence electrons. The zero-order valence-electron chi connectivity index (χ0n) is 18.4. The largest absolute Gasteiger partial charge is 0.371 e. The zero-order chi connectivity index (χ0) is 22.7. The predicted octanol–water partition coefficient (Wildman–Crippen LogP) is 2.21. The van der Waals surface area contributed by atoms with Gasteiger partial charge in [-0.25, -0.2) is 8.78 Å². The molecule has 1 aromatic rings. The summed E-state index contributed by atoms with van der Waals surface area (Å²) < 4.78 is 29.5. The Morgan fingerprint density at radius 3 is 2.41 bits per heavy atom. The van der Waals surface area contributed by atoms with Crippen LogP contribution in [0.15, 0.2) is 12.1 Å². The van der Waals surface area contributed by atoms with Gasteiger partial charge in [0.2, 0.25) is 11.8 Å². The summed E-state index contributed by atoms with van der Waals surface area (Å²) in [4.78, 5) is 27.5. The predicted molar refractivity (Wildman–Crippen MR) is 119 cm³/mol. The number of likely N-dealkylation sites (tertiary alicyclic amines) is 1. The lowest BCUT2D eigenvalue weighted by atomic mass is 9.92. The van der Waals surface area contributed by atoms with E-state index in [1.165, 1.54) is 6.07 Å². The first-order valence-corrected chi connectivity index (χ1v) is 11.7. The van der Waals surface area contributed by atoms with Crippen molar-refractivity contribution in [2.24, 2.45) is 11.7 Å². The van der Waals surface area contributed by atoms with Crippen molar-refractivity contribution in [1.29, 1.82) is 0 Å². The molecule has 2 amide bonds. The molecule has 32 heavy (non-hydrogen) atoms. The summed E-state index contributed by atoms with van der Waals surface area (Å²) in [5.74, 6) is -1.37. The lowest BCUT2D eigenvalue weighted by Gasteiger charge is -2.36.